The second-order valence-corrected chi connectivity index (χ2v) is 2.61. The van der Waals surface area contributed by atoms with E-state index >= 15 is 0 Å². The molecule has 1 unspecified atom stereocenters. The summed E-state index contributed by atoms with van der Waals surface area (Å²) in [7, 11) is 0. The minimum absolute atomic E-state index is 0.0208. The van der Waals surface area contributed by atoms with Gasteiger partial charge in [-0.25, -0.2) is 0 Å². The van der Waals surface area contributed by atoms with Crippen LogP contribution >= 0.6 is 0 Å². The van der Waals surface area contributed by atoms with E-state index in [9.17, 15) is 9.59 Å². The van der Waals surface area contributed by atoms with Crippen LogP contribution in [0.1, 0.15) is 26.2 Å². The van der Waals surface area contributed by atoms with Gasteiger partial charge < -0.3 is 4.79 Å². The van der Waals surface area contributed by atoms with E-state index in [-0.39, 0.29) is 11.7 Å². The zero-order valence-corrected chi connectivity index (χ0v) is 6.88. The van der Waals surface area contributed by atoms with Crippen LogP contribution in [-0.4, -0.2) is 12.1 Å². The Balaban J connectivity index is 3.51. The highest BCUT2D eigenvalue weighted by molar-refractivity contribution is 5.90. The fourth-order valence-electron chi connectivity index (χ4n) is 0.851. The third kappa shape index (κ3) is 4.48. The fraction of sp³-hybridized carbons (Fsp3) is 0.556. The van der Waals surface area contributed by atoms with Crippen LogP contribution in [0.25, 0.3) is 0 Å². The van der Waals surface area contributed by atoms with E-state index in [1.54, 1.807) is 0 Å². The second-order valence-electron chi connectivity index (χ2n) is 2.61. The first kappa shape index (κ1) is 10.1. The van der Waals surface area contributed by atoms with Gasteiger partial charge in [0, 0.05) is 12.3 Å². The lowest BCUT2D eigenvalue weighted by Gasteiger charge is -2.04. The Kier molecular flexibility index (Phi) is 5.35. The lowest BCUT2D eigenvalue weighted by molar-refractivity contribution is -0.118. The summed E-state index contributed by atoms with van der Waals surface area (Å²) in [6.07, 6.45) is 4.35. The lowest BCUT2D eigenvalue weighted by atomic mass is 10.00. The van der Waals surface area contributed by atoms with Crippen molar-refractivity contribution in [2.24, 2.45) is 5.92 Å². The number of aldehydes is 1. The molecule has 0 radical (unpaired) electrons. The van der Waals surface area contributed by atoms with Gasteiger partial charge in [0.2, 0.25) is 0 Å². The van der Waals surface area contributed by atoms with Crippen LogP contribution in [0, 0.1) is 5.92 Å². The molecule has 0 aliphatic heterocycles. The van der Waals surface area contributed by atoms with Gasteiger partial charge in [0.15, 0.2) is 5.78 Å². The Hall–Kier alpha value is -0.920. The third-order valence-corrected chi connectivity index (χ3v) is 1.65. The van der Waals surface area contributed by atoms with Crippen molar-refractivity contribution in [1.82, 2.24) is 0 Å². The standard InChI is InChI=1S/C9H14O2/c1-3-9(11)8(2)6-4-5-7-10/h3,7-8H,1,4-6H2,2H3. The summed E-state index contributed by atoms with van der Waals surface area (Å²) in [6.45, 7) is 5.25. The molecule has 11 heavy (non-hydrogen) atoms. The van der Waals surface area contributed by atoms with Gasteiger partial charge in [0.1, 0.15) is 6.29 Å². The molecule has 0 heterocycles. The van der Waals surface area contributed by atoms with Crippen molar-refractivity contribution in [2.45, 2.75) is 26.2 Å². The van der Waals surface area contributed by atoms with Gasteiger partial charge in [-0.05, 0) is 18.9 Å². The number of unbranched alkanes of at least 4 members (excludes halogenated alkanes) is 1. The molecule has 0 bridgehead atoms. The molecule has 0 aliphatic rings. The molecule has 0 aromatic carbocycles. The van der Waals surface area contributed by atoms with Crippen LogP contribution in [0.3, 0.4) is 0 Å². The first-order valence-electron chi connectivity index (χ1n) is 3.82. The summed E-state index contributed by atoms with van der Waals surface area (Å²) >= 11 is 0. The molecule has 0 fully saturated rings. The molecule has 1 atom stereocenters. The number of carbonyl (C=O) groups excluding carboxylic acids is 2. The Morgan fingerprint density at radius 2 is 2.27 bits per heavy atom. The van der Waals surface area contributed by atoms with Gasteiger partial charge in [-0.2, -0.15) is 0 Å². The molecule has 0 aliphatic carbocycles. The van der Waals surface area contributed by atoms with Gasteiger partial charge in [0.05, 0.1) is 0 Å². The number of rotatable bonds is 6. The maximum absolute atomic E-state index is 10.9. The predicted molar refractivity (Wildman–Crippen MR) is 44.3 cm³/mol. The summed E-state index contributed by atoms with van der Waals surface area (Å²) in [5.74, 6) is 0.0864. The topological polar surface area (TPSA) is 34.1 Å². The van der Waals surface area contributed by atoms with Crippen molar-refractivity contribution in [3.63, 3.8) is 0 Å². The number of hydrogen-bond donors (Lipinski definition) is 0. The molecule has 0 amide bonds. The molecule has 0 N–H and O–H groups in total. The van der Waals surface area contributed by atoms with Crippen LogP contribution in [0.4, 0.5) is 0 Å². The van der Waals surface area contributed by atoms with E-state index in [1.165, 1.54) is 6.08 Å². The van der Waals surface area contributed by atoms with E-state index in [4.69, 9.17) is 0 Å². The Morgan fingerprint density at radius 3 is 2.73 bits per heavy atom. The van der Waals surface area contributed by atoms with E-state index < -0.39 is 0 Å². The zero-order chi connectivity index (χ0) is 8.69. The van der Waals surface area contributed by atoms with Crippen molar-refractivity contribution < 1.29 is 9.59 Å². The summed E-state index contributed by atoms with van der Waals surface area (Å²) < 4.78 is 0. The zero-order valence-electron chi connectivity index (χ0n) is 6.88. The molecule has 0 saturated carbocycles. The highest BCUT2D eigenvalue weighted by atomic mass is 16.1. The van der Waals surface area contributed by atoms with E-state index in [1.807, 2.05) is 6.92 Å². The number of hydrogen-bond acceptors (Lipinski definition) is 2. The van der Waals surface area contributed by atoms with E-state index in [0.717, 1.165) is 19.1 Å². The van der Waals surface area contributed by atoms with Crippen LogP contribution in [0.5, 0.6) is 0 Å². The van der Waals surface area contributed by atoms with Gasteiger partial charge in [-0.3, -0.25) is 4.79 Å². The summed E-state index contributed by atoms with van der Waals surface area (Å²) in [5.41, 5.74) is 0. The summed E-state index contributed by atoms with van der Waals surface area (Å²) in [5, 5.41) is 0. The van der Waals surface area contributed by atoms with E-state index in [2.05, 4.69) is 6.58 Å². The SMILES string of the molecule is C=CC(=O)C(C)CCCC=O. The highest BCUT2D eigenvalue weighted by Crippen LogP contribution is 2.08. The smallest absolute Gasteiger partial charge is 0.157 e. The highest BCUT2D eigenvalue weighted by Gasteiger charge is 2.07. The normalized spacial score (nSPS) is 12.1. The van der Waals surface area contributed by atoms with Crippen LogP contribution in [0.15, 0.2) is 12.7 Å². The van der Waals surface area contributed by atoms with Gasteiger partial charge >= 0.3 is 0 Å². The fourth-order valence-corrected chi connectivity index (χ4v) is 0.851. The van der Waals surface area contributed by atoms with Crippen molar-refractivity contribution >= 4 is 12.1 Å². The molecular formula is C9H14O2. The number of carbonyl (C=O) groups is 2. The summed E-state index contributed by atoms with van der Waals surface area (Å²) in [4.78, 5) is 20.8. The third-order valence-electron chi connectivity index (χ3n) is 1.65. The molecule has 0 aromatic heterocycles. The largest absolute Gasteiger partial charge is 0.303 e. The van der Waals surface area contributed by atoms with Crippen LogP contribution < -0.4 is 0 Å². The van der Waals surface area contributed by atoms with Crippen molar-refractivity contribution in [1.29, 1.82) is 0 Å². The minimum Gasteiger partial charge on any atom is -0.303 e. The average molecular weight is 154 g/mol. The monoisotopic (exact) mass is 154 g/mol. The maximum atomic E-state index is 10.9. The predicted octanol–water partition coefficient (Wildman–Crippen LogP) is 1.75. The lowest BCUT2D eigenvalue weighted by Crippen LogP contribution is -2.06. The van der Waals surface area contributed by atoms with Crippen LogP contribution in [0.2, 0.25) is 0 Å². The Labute approximate surface area is 67.3 Å². The molecule has 0 rings (SSSR count). The molecule has 62 valence electrons. The van der Waals surface area contributed by atoms with Gasteiger partial charge in [0.25, 0.3) is 0 Å². The molecular weight excluding hydrogens is 140 g/mol. The quantitative estimate of drug-likeness (QED) is 0.332. The molecule has 2 heteroatoms. The second kappa shape index (κ2) is 5.83. The molecule has 2 nitrogen and oxygen atoms in total. The molecule has 0 saturated heterocycles. The van der Waals surface area contributed by atoms with Crippen LogP contribution in [-0.2, 0) is 9.59 Å². The Morgan fingerprint density at radius 1 is 1.64 bits per heavy atom. The maximum Gasteiger partial charge on any atom is 0.157 e. The molecule has 0 spiro atoms. The first-order chi connectivity index (χ1) is 5.22. The Bertz CT molecular complexity index is 150. The van der Waals surface area contributed by atoms with E-state index in [0.29, 0.717) is 6.42 Å². The molecule has 0 aromatic rings. The van der Waals surface area contributed by atoms with Gasteiger partial charge in [-0.1, -0.05) is 13.5 Å². The van der Waals surface area contributed by atoms with Crippen molar-refractivity contribution in [3.8, 4) is 0 Å². The van der Waals surface area contributed by atoms with Gasteiger partial charge in [-0.15, -0.1) is 0 Å². The first-order valence-corrected chi connectivity index (χ1v) is 3.82. The summed E-state index contributed by atoms with van der Waals surface area (Å²) in [6, 6.07) is 0. The average Bonchev–Trinajstić information content (AvgIpc) is 2.03. The number of allylic oxidation sites excluding steroid dienone is 1. The minimum atomic E-state index is 0.0208. The van der Waals surface area contributed by atoms with Crippen molar-refractivity contribution in [2.75, 3.05) is 0 Å². The van der Waals surface area contributed by atoms with Crippen molar-refractivity contribution in [3.05, 3.63) is 12.7 Å². The number of ketones is 1.